The number of hydrogen-bond donors (Lipinski definition) is 1. The van der Waals surface area contributed by atoms with Gasteiger partial charge < -0.3 is 14.8 Å². The second-order valence-electron chi connectivity index (χ2n) is 10.1. The molecule has 0 spiro atoms. The number of nitrogens with one attached hydrogen (secondary N) is 1. The van der Waals surface area contributed by atoms with Crippen LogP contribution in [0.2, 0.25) is 0 Å². The van der Waals surface area contributed by atoms with Gasteiger partial charge in [0.25, 0.3) is 0 Å². The fourth-order valence-corrected chi connectivity index (χ4v) is 5.37. The standard InChI is InChI=1S/C29H31N7/c1-3-20(2)31-15-22-10-11-34(16-22)26-8-9-27-25(12-26)18-35-17-24(23-6-4-21(14-30)5-7-23)13-28(35)29-33-32-19-36(27)29/h4-9,12-13,17,19-20,22,31H,3,10-11,15-16,18H2,1-2H3/t20-,22-/m0/s1. The average Bonchev–Trinajstić information content (AvgIpc) is 3.66. The highest BCUT2D eigenvalue weighted by atomic mass is 15.3. The van der Waals surface area contributed by atoms with Crippen LogP contribution < -0.4 is 10.2 Å². The molecule has 1 fully saturated rings. The first-order valence-corrected chi connectivity index (χ1v) is 12.9. The lowest BCUT2D eigenvalue weighted by Crippen LogP contribution is -2.32. The van der Waals surface area contributed by atoms with Crippen LogP contribution >= 0.6 is 0 Å². The SMILES string of the molecule is CC[C@H](C)NC[C@@H]1CCN(c2ccc3c(c2)Cn2cc(-c4ccc(C#N)cc4)cc2-c2nncn2-3)C1. The molecule has 0 radical (unpaired) electrons. The highest BCUT2D eigenvalue weighted by Crippen LogP contribution is 2.35. The van der Waals surface area contributed by atoms with Crippen LogP contribution in [0.25, 0.3) is 28.3 Å². The van der Waals surface area contributed by atoms with E-state index in [2.05, 4.69) is 79.9 Å². The second kappa shape index (κ2) is 9.29. The Balaban J connectivity index is 1.30. The third-order valence-corrected chi connectivity index (χ3v) is 7.70. The number of aromatic nitrogens is 4. The molecule has 4 aromatic rings. The fourth-order valence-electron chi connectivity index (χ4n) is 5.37. The normalized spacial score (nSPS) is 17.1. The molecule has 2 atom stereocenters. The van der Waals surface area contributed by atoms with Gasteiger partial charge in [0.1, 0.15) is 6.33 Å². The van der Waals surface area contributed by atoms with Crippen LogP contribution in [-0.4, -0.2) is 45.0 Å². The Kier molecular flexibility index (Phi) is 5.82. The predicted octanol–water partition coefficient (Wildman–Crippen LogP) is 4.85. The van der Waals surface area contributed by atoms with Crippen molar-refractivity contribution in [3.8, 4) is 34.4 Å². The van der Waals surface area contributed by atoms with Crippen LogP contribution in [0, 0.1) is 17.2 Å². The number of rotatable bonds is 6. The van der Waals surface area contributed by atoms with E-state index in [1.165, 1.54) is 24.1 Å². The zero-order chi connectivity index (χ0) is 24.6. The minimum absolute atomic E-state index is 0.578. The summed E-state index contributed by atoms with van der Waals surface area (Å²) in [5.74, 6) is 1.53. The Hall–Kier alpha value is -3.89. The Morgan fingerprint density at radius 1 is 1.14 bits per heavy atom. The monoisotopic (exact) mass is 477 g/mol. The van der Waals surface area contributed by atoms with Crippen molar-refractivity contribution in [1.82, 2.24) is 24.6 Å². The van der Waals surface area contributed by atoms with Crippen LogP contribution in [0.15, 0.2) is 61.1 Å². The molecule has 4 heterocycles. The number of nitriles is 1. The average molecular weight is 478 g/mol. The van der Waals surface area contributed by atoms with Crippen molar-refractivity contribution in [1.29, 1.82) is 5.26 Å². The van der Waals surface area contributed by atoms with E-state index in [1.807, 2.05) is 30.6 Å². The maximum Gasteiger partial charge on any atom is 0.185 e. The van der Waals surface area contributed by atoms with E-state index >= 15 is 0 Å². The van der Waals surface area contributed by atoms with Crippen LogP contribution in [0.3, 0.4) is 0 Å². The molecule has 0 bridgehead atoms. The number of anilines is 1. The van der Waals surface area contributed by atoms with Gasteiger partial charge in [-0.25, -0.2) is 0 Å². The molecule has 2 aliphatic heterocycles. The Morgan fingerprint density at radius 2 is 2.00 bits per heavy atom. The molecule has 2 aromatic heterocycles. The second-order valence-corrected chi connectivity index (χ2v) is 10.1. The minimum Gasteiger partial charge on any atom is -0.371 e. The summed E-state index contributed by atoms with van der Waals surface area (Å²) >= 11 is 0. The first-order valence-electron chi connectivity index (χ1n) is 12.9. The first-order chi connectivity index (χ1) is 17.6. The molecule has 7 heteroatoms. The number of fused-ring (bicyclic) bond motifs is 5. The van der Waals surface area contributed by atoms with Crippen LogP contribution in [0.4, 0.5) is 5.69 Å². The van der Waals surface area contributed by atoms with E-state index in [0.717, 1.165) is 54.5 Å². The fraction of sp³-hybridized carbons (Fsp3) is 0.345. The maximum absolute atomic E-state index is 9.14. The number of nitrogens with zero attached hydrogens (tertiary/aromatic N) is 6. The third-order valence-electron chi connectivity index (χ3n) is 7.70. The smallest absolute Gasteiger partial charge is 0.185 e. The summed E-state index contributed by atoms with van der Waals surface area (Å²) in [7, 11) is 0. The van der Waals surface area contributed by atoms with Gasteiger partial charge in [-0.3, -0.25) is 4.57 Å². The van der Waals surface area contributed by atoms with Crippen molar-refractivity contribution >= 4 is 5.69 Å². The van der Waals surface area contributed by atoms with E-state index < -0.39 is 0 Å². The van der Waals surface area contributed by atoms with Gasteiger partial charge in [0.2, 0.25) is 0 Å². The molecule has 6 rings (SSSR count). The third kappa shape index (κ3) is 4.08. The van der Waals surface area contributed by atoms with Crippen LogP contribution in [0.5, 0.6) is 0 Å². The van der Waals surface area contributed by atoms with Gasteiger partial charge in [0.05, 0.1) is 23.0 Å². The molecule has 1 saturated heterocycles. The topological polar surface area (TPSA) is 74.7 Å². The van der Waals surface area contributed by atoms with Crippen molar-refractivity contribution in [2.24, 2.45) is 5.92 Å². The van der Waals surface area contributed by atoms with E-state index in [9.17, 15) is 0 Å². The quantitative estimate of drug-likeness (QED) is 0.378. The van der Waals surface area contributed by atoms with Gasteiger partial charge in [0.15, 0.2) is 5.82 Å². The molecule has 0 saturated carbocycles. The largest absolute Gasteiger partial charge is 0.371 e. The Bertz CT molecular complexity index is 1420. The number of hydrogen-bond acceptors (Lipinski definition) is 5. The Labute approximate surface area is 212 Å². The van der Waals surface area contributed by atoms with E-state index in [0.29, 0.717) is 17.5 Å². The lowest BCUT2D eigenvalue weighted by Gasteiger charge is -2.21. The van der Waals surface area contributed by atoms with Crippen molar-refractivity contribution in [3.05, 3.63) is 72.2 Å². The van der Waals surface area contributed by atoms with Gasteiger partial charge >= 0.3 is 0 Å². The molecule has 36 heavy (non-hydrogen) atoms. The van der Waals surface area contributed by atoms with Crippen molar-refractivity contribution in [2.45, 2.75) is 39.3 Å². The maximum atomic E-state index is 9.14. The van der Waals surface area contributed by atoms with E-state index in [4.69, 9.17) is 5.26 Å². The summed E-state index contributed by atoms with van der Waals surface area (Å²) in [5.41, 5.74) is 7.59. The van der Waals surface area contributed by atoms with Crippen LogP contribution in [0.1, 0.15) is 37.8 Å². The van der Waals surface area contributed by atoms with Crippen molar-refractivity contribution in [3.63, 3.8) is 0 Å². The molecule has 7 nitrogen and oxygen atoms in total. The molecule has 182 valence electrons. The zero-order valence-corrected chi connectivity index (χ0v) is 20.9. The summed E-state index contributed by atoms with van der Waals surface area (Å²) in [6.45, 7) is 8.55. The Morgan fingerprint density at radius 3 is 2.81 bits per heavy atom. The molecular weight excluding hydrogens is 446 g/mol. The summed E-state index contributed by atoms with van der Waals surface area (Å²) in [6, 6.07) is 19.5. The van der Waals surface area contributed by atoms with Gasteiger partial charge in [-0.1, -0.05) is 19.1 Å². The lowest BCUT2D eigenvalue weighted by atomic mass is 10.1. The highest BCUT2D eigenvalue weighted by molar-refractivity contribution is 5.72. The van der Waals surface area contributed by atoms with Gasteiger partial charge in [-0.05, 0) is 79.8 Å². The molecule has 1 N–H and O–H groups in total. The van der Waals surface area contributed by atoms with Crippen molar-refractivity contribution < 1.29 is 0 Å². The highest BCUT2D eigenvalue weighted by Gasteiger charge is 2.26. The van der Waals surface area contributed by atoms with Crippen molar-refractivity contribution in [2.75, 3.05) is 24.5 Å². The summed E-state index contributed by atoms with van der Waals surface area (Å²) in [5, 5.41) is 21.5. The molecule has 2 aromatic carbocycles. The first kappa shape index (κ1) is 22.6. The molecular formula is C29H31N7. The minimum atomic E-state index is 0.578. The molecule has 0 unspecified atom stereocenters. The molecule has 2 aliphatic rings. The molecule has 0 amide bonds. The van der Waals surface area contributed by atoms with Gasteiger partial charge in [0, 0.05) is 43.1 Å². The predicted molar refractivity (Wildman–Crippen MR) is 142 cm³/mol. The molecule has 0 aliphatic carbocycles. The summed E-state index contributed by atoms with van der Waals surface area (Å²) < 4.78 is 4.37. The van der Waals surface area contributed by atoms with Gasteiger partial charge in [-0.2, -0.15) is 5.26 Å². The van der Waals surface area contributed by atoms with Crippen LogP contribution in [-0.2, 0) is 6.54 Å². The van der Waals surface area contributed by atoms with E-state index in [-0.39, 0.29) is 0 Å². The van der Waals surface area contributed by atoms with Gasteiger partial charge in [-0.15, -0.1) is 10.2 Å². The zero-order valence-electron chi connectivity index (χ0n) is 20.9. The number of benzene rings is 2. The summed E-state index contributed by atoms with van der Waals surface area (Å²) in [4.78, 5) is 2.53. The lowest BCUT2D eigenvalue weighted by molar-refractivity contribution is 0.456. The van der Waals surface area contributed by atoms with E-state index in [1.54, 1.807) is 0 Å². The summed E-state index contributed by atoms with van der Waals surface area (Å²) in [6.07, 6.45) is 6.39.